The minimum atomic E-state index is -4.02. The Hall–Kier alpha value is -0.220. The SMILES string of the molecule is O=S(=O)(CCO)C(CCO)S(=O)(=O)CCO. The van der Waals surface area contributed by atoms with Gasteiger partial charge in [-0.1, -0.05) is 0 Å². The first-order chi connectivity index (χ1) is 7.31. The van der Waals surface area contributed by atoms with E-state index in [2.05, 4.69) is 0 Å². The van der Waals surface area contributed by atoms with Crippen molar-refractivity contribution in [3.05, 3.63) is 0 Å². The minimum absolute atomic E-state index is 0.454. The van der Waals surface area contributed by atoms with E-state index in [1.807, 2.05) is 0 Å². The Kier molecular flexibility index (Phi) is 6.41. The summed E-state index contributed by atoms with van der Waals surface area (Å²) in [6.07, 6.45) is -0.454. The van der Waals surface area contributed by atoms with Gasteiger partial charge < -0.3 is 15.3 Å². The molecule has 3 N–H and O–H groups in total. The number of hydrogen-bond acceptors (Lipinski definition) is 7. The lowest BCUT2D eigenvalue weighted by molar-refractivity contribution is 0.290. The molecule has 0 aliphatic rings. The number of hydrogen-bond donors (Lipinski definition) is 3. The summed E-state index contributed by atoms with van der Waals surface area (Å²) in [4.78, 5) is 0. The zero-order valence-electron chi connectivity index (χ0n) is 8.61. The molecule has 9 heteroatoms. The average Bonchev–Trinajstić information content (AvgIpc) is 2.13. The topological polar surface area (TPSA) is 129 Å². The standard InChI is InChI=1S/C7H16O7S2/c8-2-1-7(15(11,12)5-3-9)16(13,14)6-4-10/h7-10H,1-6H2. The van der Waals surface area contributed by atoms with Gasteiger partial charge in [0.1, 0.15) is 0 Å². The summed E-state index contributed by atoms with van der Waals surface area (Å²) in [6, 6.07) is 0. The van der Waals surface area contributed by atoms with Crippen LogP contribution in [0.3, 0.4) is 0 Å². The van der Waals surface area contributed by atoms with E-state index in [9.17, 15) is 16.8 Å². The van der Waals surface area contributed by atoms with Crippen molar-refractivity contribution in [1.29, 1.82) is 0 Å². The Bertz CT molecular complexity index is 347. The van der Waals surface area contributed by atoms with Gasteiger partial charge >= 0.3 is 0 Å². The second-order valence-corrected chi connectivity index (χ2v) is 8.03. The molecule has 0 heterocycles. The lowest BCUT2D eigenvalue weighted by Crippen LogP contribution is -2.36. The Morgan fingerprint density at radius 1 is 0.750 bits per heavy atom. The van der Waals surface area contributed by atoms with Crippen LogP contribution in [0.25, 0.3) is 0 Å². The molecule has 0 aliphatic carbocycles. The summed E-state index contributed by atoms with van der Waals surface area (Å²) in [5, 5.41) is 25.7. The predicted molar refractivity (Wildman–Crippen MR) is 57.2 cm³/mol. The molecule has 0 aromatic carbocycles. The summed E-state index contributed by atoms with van der Waals surface area (Å²) in [5.41, 5.74) is 0. The maximum atomic E-state index is 11.5. The average molecular weight is 276 g/mol. The van der Waals surface area contributed by atoms with Crippen LogP contribution < -0.4 is 0 Å². The van der Waals surface area contributed by atoms with E-state index in [4.69, 9.17) is 15.3 Å². The van der Waals surface area contributed by atoms with Crippen molar-refractivity contribution in [3.63, 3.8) is 0 Å². The fraction of sp³-hybridized carbons (Fsp3) is 1.00. The van der Waals surface area contributed by atoms with Gasteiger partial charge in [0.15, 0.2) is 24.3 Å². The zero-order valence-corrected chi connectivity index (χ0v) is 10.2. The second kappa shape index (κ2) is 6.50. The maximum Gasteiger partial charge on any atom is 0.169 e. The van der Waals surface area contributed by atoms with Crippen molar-refractivity contribution in [2.75, 3.05) is 31.3 Å². The molecule has 0 saturated heterocycles. The van der Waals surface area contributed by atoms with Crippen molar-refractivity contribution in [2.24, 2.45) is 0 Å². The van der Waals surface area contributed by atoms with Crippen molar-refractivity contribution < 1.29 is 32.2 Å². The third-order valence-corrected chi connectivity index (χ3v) is 7.25. The second-order valence-electron chi connectivity index (χ2n) is 3.12. The molecular weight excluding hydrogens is 260 g/mol. The van der Waals surface area contributed by atoms with Crippen LogP contribution in [0.1, 0.15) is 6.42 Å². The van der Waals surface area contributed by atoms with E-state index in [1.54, 1.807) is 0 Å². The normalized spacial score (nSPS) is 13.2. The Balaban J connectivity index is 5.16. The van der Waals surface area contributed by atoms with E-state index in [-0.39, 0.29) is 0 Å². The maximum absolute atomic E-state index is 11.5. The van der Waals surface area contributed by atoms with Crippen LogP contribution in [0.15, 0.2) is 0 Å². The summed E-state index contributed by atoms with van der Waals surface area (Å²) >= 11 is 0. The van der Waals surface area contributed by atoms with Crippen molar-refractivity contribution in [1.82, 2.24) is 0 Å². The molecule has 0 aromatic rings. The molecule has 0 aliphatic heterocycles. The molecule has 0 rings (SSSR count). The Morgan fingerprint density at radius 3 is 1.38 bits per heavy atom. The van der Waals surface area contributed by atoms with E-state index >= 15 is 0 Å². The fourth-order valence-electron chi connectivity index (χ4n) is 1.21. The van der Waals surface area contributed by atoms with Crippen LogP contribution in [-0.2, 0) is 19.7 Å². The molecule has 0 fully saturated rings. The lowest BCUT2D eigenvalue weighted by atomic mass is 10.5. The van der Waals surface area contributed by atoms with Gasteiger partial charge in [0.25, 0.3) is 0 Å². The third-order valence-electron chi connectivity index (χ3n) is 1.92. The molecule has 98 valence electrons. The first-order valence-electron chi connectivity index (χ1n) is 4.57. The number of rotatable bonds is 8. The van der Waals surface area contributed by atoms with Gasteiger partial charge in [0, 0.05) is 13.0 Å². The Labute approximate surface area is 94.6 Å². The van der Waals surface area contributed by atoms with Gasteiger partial charge in [-0.3, -0.25) is 0 Å². The summed E-state index contributed by atoms with van der Waals surface area (Å²) in [7, 11) is -8.05. The van der Waals surface area contributed by atoms with E-state index < -0.39 is 62.0 Å². The molecule has 0 saturated carbocycles. The smallest absolute Gasteiger partial charge is 0.169 e. The molecule has 0 bridgehead atoms. The van der Waals surface area contributed by atoms with E-state index in [0.717, 1.165) is 0 Å². The van der Waals surface area contributed by atoms with Gasteiger partial charge in [0.05, 0.1) is 24.7 Å². The molecule has 16 heavy (non-hydrogen) atoms. The summed E-state index contributed by atoms with van der Waals surface area (Å²) < 4.78 is 44.3. The summed E-state index contributed by atoms with van der Waals surface area (Å²) in [6.45, 7) is -1.96. The minimum Gasteiger partial charge on any atom is -0.396 e. The molecule has 0 aromatic heterocycles. The van der Waals surface area contributed by atoms with Gasteiger partial charge in [-0.05, 0) is 0 Å². The predicted octanol–water partition coefficient (Wildman–Crippen LogP) is -2.49. The van der Waals surface area contributed by atoms with Crippen molar-refractivity contribution >= 4 is 19.7 Å². The van der Waals surface area contributed by atoms with E-state index in [0.29, 0.717) is 0 Å². The quantitative estimate of drug-likeness (QED) is 0.447. The first-order valence-corrected chi connectivity index (χ1v) is 8.00. The Morgan fingerprint density at radius 2 is 1.12 bits per heavy atom. The largest absolute Gasteiger partial charge is 0.396 e. The van der Waals surface area contributed by atoms with Crippen LogP contribution >= 0.6 is 0 Å². The third kappa shape index (κ3) is 4.34. The number of aliphatic hydroxyl groups is 3. The van der Waals surface area contributed by atoms with Crippen LogP contribution in [0.2, 0.25) is 0 Å². The molecular formula is C7H16O7S2. The molecule has 0 amide bonds. The van der Waals surface area contributed by atoms with Crippen LogP contribution in [0.5, 0.6) is 0 Å². The van der Waals surface area contributed by atoms with E-state index in [1.165, 1.54) is 0 Å². The zero-order chi connectivity index (χ0) is 12.8. The summed E-state index contributed by atoms with van der Waals surface area (Å²) in [5.74, 6) is -1.36. The van der Waals surface area contributed by atoms with Crippen molar-refractivity contribution in [2.45, 2.75) is 11.0 Å². The highest BCUT2D eigenvalue weighted by atomic mass is 32.3. The van der Waals surface area contributed by atoms with Gasteiger partial charge in [-0.2, -0.15) is 0 Å². The van der Waals surface area contributed by atoms with Gasteiger partial charge in [-0.25, -0.2) is 16.8 Å². The molecule has 0 atom stereocenters. The number of aliphatic hydroxyl groups excluding tert-OH is 3. The van der Waals surface area contributed by atoms with Crippen molar-refractivity contribution in [3.8, 4) is 0 Å². The van der Waals surface area contributed by atoms with Gasteiger partial charge in [0.2, 0.25) is 0 Å². The van der Waals surface area contributed by atoms with Gasteiger partial charge in [-0.15, -0.1) is 0 Å². The molecule has 0 unspecified atom stereocenters. The monoisotopic (exact) mass is 276 g/mol. The number of sulfone groups is 2. The first kappa shape index (κ1) is 15.8. The highest BCUT2D eigenvalue weighted by Gasteiger charge is 2.36. The molecule has 7 nitrogen and oxygen atoms in total. The molecule has 0 radical (unpaired) electrons. The van der Waals surface area contributed by atoms with Crippen LogP contribution in [0.4, 0.5) is 0 Å². The van der Waals surface area contributed by atoms with Crippen LogP contribution in [0, 0.1) is 0 Å². The lowest BCUT2D eigenvalue weighted by Gasteiger charge is -2.16. The fourth-order valence-corrected chi connectivity index (χ4v) is 5.53. The van der Waals surface area contributed by atoms with Crippen LogP contribution in [-0.4, -0.2) is 68.1 Å². The highest BCUT2D eigenvalue weighted by molar-refractivity contribution is 8.09. The molecule has 0 spiro atoms. The highest BCUT2D eigenvalue weighted by Crippen LogP contribution is 2.15.